The second kappa shape index (κ2) is 9.06. The number of aliphatic hydroxyl groups is 1. The summed E-state index contributed by atoms with van der Waals surface area (Å²) in [5, 5.41) is 11.1. The lowest BCUT2D eigenvalue weighted by atomic mass is 9.95. The van der Waals surface area contributed by atoms with Crippen LogP contribution < -0.4 is 4.74 Å². The fourth-order valence-electron chi connectivity index (χ4n) is 3.86. The van der Waals surface area contributed by atoms with Gasteiger partial charge in [-0.15, -0.1) is 0 Å². The third-order valence-electron chi connectivity index (χ3n) is 5.45. The maximum atomic E-state index is 13.1. The van der Waals surface area contributed by atoms with Crippen LogP contribution in [0.4, 0.5) is 0 Å². The number of aryl methyl sites for hydroxylation is 1. The van der Waals surface area contributed by atoms with Crippen LogP contribution in [0, 0.1) is 6.92 Å². The molecule has 2 aromatic carbocycles. The first-order chi connectivity index (χ1) is 15.5. The van der Waals surface area contributed by atoms with Crippen molar-refractivity contribution >= 4 is 17.4 Å². The molecule has 4 rings (SSSR count). The van der Waals surface area contributed by atoms with E-state index in [2.05, 4.69) is 4.98 Å². The van der Waals surface area contributed by atoms with Gasteiger partial charge in [-0.2, -0.15) is 0 Å². The van der Waals surface area contributed by atoms with Gasteiger partial charge in [-0.05, 0) is 43.2 Å². The zero-order chi connectivity index (χ0) is 22.7. The fourth-order valence-corrected chi connectivity index (χ4v) is 3.86. The molecule has 1 saturated heterocycles. The molecule has 162 valence electrons. The van der Waals surface area contributed by atoms with Crippen LogP contribution in [0.5, 0.6) is 5.75 Å². The van der Waals surface area contributed by atoms with Crippen molar-refractivity contribution < 1.29 is 19.4 Å². The molecule has 1 fully saturated rings. The first-order valence-electron chi connectivity index (χ1n) is 10.5. The summed E-state index contributed by atoms with van der Waals surface area (Å²) in [7, 11) is 0. The van der Waals surface area contributed by atoms with Gasteiger partial charge in [0.05, 0.1) is 18.2 Å². The van der Waals surface area contributed by atoms with E-state index in [0.717, 1.165) is 11.1 Å². The Labute approximate surface area is 186 Å². The third kappa shape index (κ3) is 4.12. The molecule has 0 bridgehead atoms. The first-order valence-corrected chi connectivity index (χ1v) is 10.5. The van der Waals surface area contributed by atoms with Gasteiger partial charge in [-0.3, -0.25) is 14.6 Å². The number of ketones is 1. The molecule has 0 saturated carbocycles. The second-order valence-corrected chi connectivity index (χ2v) is 7.66. The Hall–Kier alpha value is -3.93. The van der Waals surface area contributed by atoms with Crippen molar-refractivity contribution in [2.45, 2.75) is 26.4 Å². The summed E-state index contributed by atoms with van der Waals surface area (Å²) in [6.45, 7) is 4.57. The van der Waals surface area contributed by atoms with E-state index in [1.807, 2.05) is 44.2 Å². The Balaban J connectivity index is 1.83. The first kappa shape index (κ1) is 21.3. The van der Waals surface area contributed by atoms with Crippen LogP contribution in [0.15, 0.2) is 78.6 Å². The Morgan fingerprint density at radius 1 is 1.06 bits per heavy atom. The van der Waals surface area contributed by atoms with Gasteiger partial charge in [-0.25, -0.2) is 0 Å². The van der Waals surface area contributed by atoms with Gasteiger partial charge in [0.15, 0.2) is 0 Å². The van der Waals surface area contributed by atoms with Crippen molar-refractivity contribution in [2.75, 3.05) is 6.61 Å². The van der Waals surface area contributed by atoms with Gasteiger partial charge in [-0.1, -0.05) is 48.0 Å². The van der Waals surface area contributed by atoms with Crippen molar-refractivity contribution in [1.82, 2.24) is 9.88 Å². The van der Waals surface area contributed by atoms with Crippen LogP contribution in [-0.2, 0) is 16.1 Å². The molecule has 0 spiro atoms. The number of likely N-dealkylation sites (tertiary alicyclic amines) is 1. The number of aromatic nitrogens is 1. The molecular formula is C26H24N2O4. The molecular weight excluding hydrogens is 404 g/mol. The molecule has 1 N–H and O–H groups in total. The molecule has 1 aliphatic heterocycles. The number of carbonyl (C=O) groups is 2. The highest BCUT2D eigenvalue weighted by atomic mass is 16.5. The van der Waals surface area contributed by atoms with Gasteiger partial charge in [0.1, 0.15) is 11.5 Å². The zero-order valence-corrected chi connectivity index (χ0v) is 18.0. The maximum absolute atomic E-state index is 13.1. The third-order valence-corrected chi connectivity index (χ3v) is 5.45. The van der Waals surface area contributed by atoms with Gasteiger partial charge >= 0.3 is 0 Å². The molecule has 6 heteroatoms. The van der Waals surface area contributed by atoms with Crippen molar-refractivity contribution in [3.8, 4) is 5.75 Å². The lowest BCUT2D eigenvalue weighted by Crippen LogP contribution is -2.29. The van der Waals surface area contributed by atoms with Crippen molar-refractivity contribution in [2.24, 2.45) is 0 Å². The molecule has 0 aliphatic carbocycles. The van der Waals surface area contributed by atoms with Crippen LogP contribution in [0.25, 0.3) is 5.76 Å². The standard InChI is InChI=1S/C26H24N2O4/c1-3-32-21-12-10-19(11-13-21)23-22(24(29)20-8-6-17(2)7-9-20)25(30)26(31)28(23)16-18-5-4-14-27-15-18/h4-15,23,29H,3,16H2,1-2H3/t23-/m0/s1. The molecule has 0 radical (unpaired) electrons. The van der Waals surface area contributed by atoms with Gasteiger partial charge in [0, 0.05) is 24.5 Å². The number of hydrogen-bond acceptors (Lipinski definition) is 5. The molecule has 3 aromatic rings. The number of Topliss-reactive ketones (excluding diaryl/α,β-unsaturated/α-hetero) is 1. The minimum absolute atomic E-state index is 0.0758. The number of aliphatic hydroxyl groups excluding tert-OH is 1. The van der Waals surface area contributed by atoms with E-state index in [1.54, 1.807) is 42.7 Å². The summed E-state index contributed by atoms with van der Waals surface area (Å²) in [5.41, 5.74) is 3.10. The summed E-state index contributed by atoms with van der Waals surface area (Å²) >= 11 is 0. The summed E-state index contributed by atoms with van der Waals surface area (Å²) in [6, 6.07) is 17.3. The summed E-state index contributed by atoms with van der Waals surface area (Å²) in [6.07, 6.45) is 3.31. The van der Waals surface area contributed by atoms with Crippen LogP contribution in [0.2, 0.25) is 0 Å². The Kier molecular flexibility index (Phi) is 6.03. The van der Waals surface area contributed by atoms with E-state index in [0.29, 0.717) is 23.5 Å². The van der Waals surface area contributed by atoms with Gasteiger partial charge in [0.2, 0.25) is 0 Å². The summed E-state index contributed by atoms with van der Waals surface area (Å²) in [4.78, 5) is 31.7. The minimum atomic E-state index is -0.729. The SMILES string of the molecule is CCOc1ccc([C@H]2C(=C(O)c3ccc(C)cc3)C(=O)C(=O)N2Cc2cccnc2)cc1. The quantitative estimate of drug-likeness (QED) is 0.357. The molecule has 1 atom stereocenters. The maximum Gasteiger partial charge on any atom is 0.295 e. The number of amides is 1. The second-order valence-electron chi connectivity index (χ2n) is 7.66. The van der Waals surface area contributed by atoms with Crippen LogP contribution in [0.3, 0.4) is 0 Å². The molecule has 1 aliphatic rings. The van der Waals surface area contributed by atoms with Crippen molar-refractivity contribution in [3.05, 3.63) is 101 Å². The average Bonchev–Trinajstić information content (AvgIpc) is 3.05. The van der Waals surface area contributed by atoms with E-state index < -0.39 is 17.7 Å². The van der Waals surface area contributed by atoms with E-state index in [1.165, 1.54) is 4.90 Å². The Morgan fingerprint density at radius 2 is 1.78 bits per heavy atom. The number of ether oxygens (including phenoxy) is 1. The highest BCUT2D eigenvalue weighted by Crippen LogP contribution is 2.40. The van der Waals surface area contributed by atoms with E-state index >= 15 is 0 Å². The minimum Gasteiger partial charge on any atom is -0.507 e. The summed E-state index contributed by atoms with van der Waals surface area (Å²) < 4.78 is 5.53. The van der Waals surface area contributed by atoms with E-state index in [-0.39, 0.29) is 17.9 Å². The number of rotatable bonds is 6. The van der Waals surface area contributed by atoms with Crippen LogP contribution in [-0.4, -0.2) is 33.3 Å². The highest BCUT2D eigenvalue weighted by molar-refractivity contribution is 6.46. The molecule has 1 aromatic heterocycles. The number of nitrogens with zero attached hydrogens (tertiary/aromatic N) is 2. The van der Waals surface area contributed by atoms with E-state index in [4.69, 9.17) is 4.74 Å². The lowest BCUT2D eigenvalue weighted by molar-refractivity contribution is -0.140. The zero-order valence-electron chi connectivity index (χ0n) is 18.0. The normalized spacial score (nSPS) is 17.6. The Bertz CT molecular complexity index is 1150. The summed E-state index contributed by atoms with van der Waals surface area (Å²) in [5.74, 6) is -0.845. The molecule has 0 unspecified atom stereocenters. The highest BCUT2D eigenvalue weighted by Gasteiger charge is 2.46. The smallest absolute Gasteiger partial charge is 0.295 e. The number of carbonyl (C=O) groups excluding carboxylic acids is 2. The predicted molar refractivity (Wildman–Crippen MR) is 121 cm³/mol. The molecule has 32 heavy (non-hydrogen) atoms. The lowest BCUT2D eigenvalue weighted by Gasteiger charge is -2.25. The van der Waals surface area contributed by atoms with E-state index in [9.17, 15) is 14.7 Å². The predicted octanol–water partition coefficient (Wildman–Crippen LogP) is 4.41. The Morgan fingerprint density at radius 3 is 2.41 bits per heavy atom. The largest absolute Gasteiger partial charge is 0.507 e. The number of benzene rings is 2. The molecule has 6 nitrogen and oxygen atoms in total. The molecule has 1 amide bonds. The topological polar surface area (TPSA) is 79.7 Å². The van der Waals surface area contributed by atoms with Crippen molar-refractivity contribution in [1.29, 1.82) is 0 Å². The average molecular weight is 428 g/mol. The van der Waals surface area contributed by atoms with Crippen LogP contribution in [0.1, 0.15) is 35.2 Å². The fraction of sp³-hybridized carbons (Fsp3) is 0.192. The van der Waals surface area contributed by atoms with Gasteiger partial charge in [0.25, 0.3) is 11.7 Å². The van der Waals surface area contributed by atoms with Crippen LogP contribution >= 0.6 is 0 Å². The van der Waals surface area contributed by atoms with Crippen molar-refractivity contribution in [3.63, 3.8) is 0 Å². The monoisotopic (exact) mass is 428 g/mol. The molecule has 2 heterocycles. The van der Waals surface area contributed by atoms with Gasteiger partial charge < -0.3 is 14.7 Å². The number of pyridine rings is 1. The number of hydrogen-bond donors (Lipinski definition) is 1.